The average Bonchev–Trinajstić information content (AvgIpc) is 3.37. The Morgan fingerprint density at radius 2 is 1.14 bits per heavy atom. The lowest BCUT2D eigenvalue weighted by Gasteiger charge is -2.52. The van der Waals surface area contributed by atoms with Crippen LogP contribution in [0, 0.1) is 22.7 Å². The smallest absolute Gasteiger partial charge is 0.233 e. The molecule has 0 aromatic heterocycles. The third-order valence-corrected chi connectivity index (χ3v) is 8.67. The van der Waals surface area contributed by atoms with Gasteiger partial charge >= 0.3 is 0 Å². The van der Waals surface area contributed by atoms with Crippen molar-refractivity contribution in [2.45, 2.75) is 12.1 Å². The van der Waals surface area contributed by atoms with E-state index in [2.05, 4.69) is 10.5 Å². The Morgan fingerprint density at radius 1 is 0.727 bits per heavy atom. The molecule has 6 rings (SSSR count). The molecule has 9 heteroatoms. The maximum absolute atomic E-state index is 14.7. The summed E-state index contributed by atoms with van der Waals surface area (Å²) in [6.07, 6.45) is 0. The topological polar surface area (TPSA) is 136 Å². The second kappa shape index (κ2) is 11.8. The Bertz CT molecular complexity index is 1600. The van der Waals surface area contributed by atoms with Gasteiger partial charge in [0.2, 0.25) is 5.90 Å². The van der Waals surface area contributed by atoms with E-state index in [4.69, 9.17) is 20.0 Å². The van der Waals surface area contributed by atoms with Crippen LogP contribution in [0.15, 0.2) is 114 Å². The largest absolute Gasteiger partial charge is 0.497 e. The molecule has 0 saturated carbocycles. The third-order valence-electron chi connectivity index (χ3n) is 8.67. The molecule has 2 heterocycles. The summed E-state index contributed by atoms with van der Waals surface area (Å²) in [6, 6.07) is 30.9. The van der Waals surface area contributed by atoms with E-state index in [1.807, 2.05) is 60.7 Å². The molecule has 0 radical (unpaired) electrons. The van der Waals surface area contributed by atoms with Gasteiger partial charge in [-0.2, -0.15) is 0 Å². The van der Waals surface area contributed by atoms with Crippen molar-refractivity contribution in [3.8, 4) is 11.5 Å². The molecule has 1 fully saturated rings. The first-order valence-electron chi connectivity index (χ1n) is 14.2. The first-order chi connectivity index (χ1) is 21.4. The number of piperidine rings is 1. The predicted octanol–water partition coefficient (Wildman–Crippen LogP) is 5.35. The molecule has 4 aromatic rings. The summed E-state index contributed by atoms with van der Waals surface area (Å²) >= 11 is 0. The number of nitrogens with zero attached hydrogens (tertiary/aromatic N) is 1. The molecule has 4 N–H and O–H groups in total. The van der Waals surface area contributed by atoms with Gasteiger partial charge in [-0.25, -0.2) is 0 Å². The number of amidine groups is 1. The van der Waals surface area contributed by atoms with Crippen LogP contribution in [0.1, 0.15) is 43.9 Å². The molecule has 0 bridgehead atoms. The summed E-state index contributed by atoms with van der Waals surface area (Å²) in [5, 5.41) is 17.0. The summed E-state index contributed by atoms with van der Waals surface area (Å²) in [6.45, 7) is 0. The molecule has 4 atom stereocenters. The van der Waals surface area contributed by atoms with Crippen LogP contribution in [0.5, 0.6) is 11.5 Å². The van der Waals surface area contributed by atoms with Gasteiger partial charge in [0, 0.05) is 23.2 Å². The Labute approximate surface area is 255 Å². The van der Waals surface area contributed by atoms with Crippen LogP contribution >= 0.6 is 0 Å². The lowest BCUT2D eigenvalue weighted by Crippen LogP contribution is -2.65. The van der Waals surface area contributed by atoms with Gasteiger partial charge < -0.3 is 25.4 Å². The molecule has 4 aromatic carbocycles. The molecular formula is C35H32N4O5. The van der Waals surface area contributed by atoms with Gasteiger partial charge in [-0.1, -0.05) is 90.1 Å². The molecule has 222 valence electrons. The molecule has 2 aliphatic rings. The van der Waals surface area contributed by atoms with Crippen molar-refractivity contribution < 1.29 is 23.9 Å². The lowest BCUT2D eigenvalue weighted by molar-refractivity contribution is 0.0441. The van der Waals surface area contributed by atoms with Crippen molar-refractivity contribution in [3.63, 3.8) is 0 Å². The van der Waals surface area contributed by atoms with E-state index in [9.17, 15) is 15.0 Å². The second-order valence-electron chi connectivity index (χ2n) is 10.9. The molecule has 0 amide bonds. The number of nitrogens with one attached hydrogen (secondary N) is 2. The van der Waals surface area contributed by atoms with Gasteiger partial charge in [0.1, 0.15) is 16.9 Å². The number of nitrogens with two attached hydrogens (primary N) is 1. The number of oxime groups is 1. The zero-order chi connectivity index (χ0) is 30.8. The molecule has 0 aliphatic carbocycles. The van der Waals surface area contributed by atoms with Crippen LogP contribution in [-0.4, -0.2) is 37.5 Å². The summed E-state index contributed by atoms with van der Waals surface area (Å²) < 4.78 is 10.8. The van der Waals surface area contributed by atoms with Gasteiger partial charge in [-0.05, 0) is 35.4 Å². The van der Waals surface area contributed by atoms with E-state index >= 15 is 0 Å². The molecule has 1 spiro atoms. The maximum atomic E-state index is 14.7. The number of hydrogen-bond acceptors (Lipinski definition) is 9. The molecule has 2 aliphatic heterocycles. The number of methoxy groups -OCH3 is 2. The number of rotatable bonds is 8. The van der Waals surface area contributed by atoms with Crippen LogP contribution in [0.4, 0.5) is 0 Å². The fraction of sp³-hybridized carbons (Fsp3) is 0.200. The van der Waals surface area contributed by atoms with E-state index in [0.717, 1.165) is 11.1 Å². The minimum absolute atomic E-state index is 0.0930. The fourth-order valence-electron chi connectivity index (χ4n) is 6.55. The Kier molecular flexibility index (Phi) is 7.71. The summed E-state index contributed by atoms with van der Waals surface area (Å²) in [5.74, 6) is -1.91. The third kappa shape index (κ3) is 4.71. The number of hydrogen-bond donors (Lipinski definition) is 3. The van der Waals surface area contributed by atoms with Gasteiger partial charge in [0.25, 0.3) is 0 Å². The zero-order valence-corrected chi connectivity index (χ0v) is 24.3. The van der Waals surface area contributed by atoms with Crippen LogP contribution in [0.25, 0.3) is 0 Å². The molecule has 1 saturated heterocycles. The van der Waals surface area contributed by atoms with Crippen LogP contribution < -0.4 is 20.5 Å². The number of Topliss-reactive ketones (excluding diaryl/α,β-unsaturated/α-hetero) is 2. The molecule has 4 unspecified atom stereocenters. The molecular weight excluding hydrogens is 556 g/mol. The highest BCUT2D eigenvalue weighted by Crippen LogP contribution is 2.57. The van der Waals surface area contributed by atoms with E-state index in [0.29, 0.717) is 22.6 Å². The Balaban J connectivity index is 1.64. The number of benzene rings is 4. The average molecular weight is 589 g/mol. The molecule has 9 nitrogen and oxygen atoms in total. The highest BCUT2D eigenvalue weighted by Gasteiger charge is 2.68. The van der Waals surface area contributed by atoms with Gasteiger partial charge in [-0.15, -0.1) is 0 Å². The van der Waals surface area contributed by atoms with Gasteiger partial charge in [-0.3, -0.25) is 15.0 Å². The standard InChI is InChI=1S/C35H32N4O5/c1-42-25-17-13-21(14-18-25)29-27(31(40)23-9-5-3-6-10-23)35(33(36)39-44-34(35)37)28(32(41)24-11-7-4-8-12-24)30(38-29)22-15-19-26(43-2)20-16-22/h3-20,27-30,37-38H,1-2H3,(H2,36,39). The lowest BCUT2D eigenvalue weighted by atomic mass is 9.53. The minimum Gasteiger partial charge on any atom is -0.497 e. The summed E-state index contributed by atoms with van der Waals surface area (Å²) in [5.41, 5.74) is 7.33. The second-order valence-corrected chi connectivity index (χ2v) is 10.9. The maximum Gasteiger partial charge on any atom is 0.233 e. The highest BCUT2D eigenvalue weighted by atomic mass is 16.6. The van der Waals surface area contributed by atoms with Crippen LogP contribution in [0.3, 0.4) is 0 Å². The molecule has 44 heavy (non-hydrogen) atoms. The van der Waals surface area contributed by atoms with Crippen molar-refractivity contribution in [3.05, 3.63) is 131 Å². The first-order valence-corrected chi connectivity index (χ1v) is 14.2. The van der Waals surface area contributed by atoms with Gasteiger partial charge in [0.05, 0.1) is 26.1 Å². The van der Waals surface area contributed by atoms with Crippen molar-refractivity contribution in [2.24, 2.45) is 28.1 Å². The highest BCUT2D eigenvalue weighted by molar-refractivity contribution is 6.19. The summed E-state index contributed by atoms with van der Waals surface area (Å²) in [7, 11) is 3.16. The van der Waals surface area contributed by atoms with E-state index < -0.39 is 29.3 Å². The Morgan fingerprint density at radius 3 is 1.48 bits per heavy atom. The van der Waals surface area contributed by atoms with Gasteiger partial charge in [0.15, 0.2) is 17.4 Å². The number of carbonyl (C=O) groups excluding carboxylic acids is 2. The van der Waals surface area contributed by atoms with E-state index in [-0.39, 0.29) is 23.3 Å². The number of ketones is 2. The zero-order valence-electron chi connectivity index (χ0n) is 24.3. The van der Waals surface area contributed by atoms with Crippen LogP contribution in [0.2, 0.25) is 0 Å². The van der Waals surface area contributed by atoms with E-state index in [1.54, 1.807) is 62.8 Å². The summed E-state index contributed by atoms with van der Waals surface area (Å²) in [4.78, 5) is 35.0. The minimum atomic E-state index is -1.72. The van der Waals surface area contributed by atoms with Crippen molar-refractivity contribution in [1.82, 2.24) is 5.32 Å². The predicted molar refractivity (Wildman–Crippen MR) is 166 cm³/mol. The van der Waals surface area contributed by atoms with Crippen molar-refractivity contribution in [1.29, 1.82) is 5.41 Å². The SMILES string of the molecule is COc1ccc(C2NC(c3ccc(OC)cc3)C(C(=O)c3ccccc3)C3(C(=N)ON=C3N)C2C(=O)c2ccccc2)cc1. The Hall–Kier alpha value is -5.28. The van der Waals surface area contributed by atoms with Crippen molar-refractivity contribution in [2.75, 3.05) is 14.2 Å². The number of ether oxygens (including phenoxy) is 2. The normalized spacial score (nSPS) is 24.3. The van der Waals surface area contributed by atoms with Crippen molar-refractivity contribution >= 4 is 23.3 Å². The van der Waals surface area contributed by atoms with Crippen LogP contribution in [-0.2, 0) is 4.84 Å². The quantitative estimate of drug-likeness (QED) is 0.236. The van der Waals surface area contributed by atoms with E-state index in [1.165, 1.54) is 0 Å². The number of carbonyl (C=O) groups is 2. The first kappa shape index (κ1) is 28.8. The fourth-order valence-corrected chi connectivity index (χ4v) is 6.55. The monoisotopic (exact) mass is 588 g/mol.